The molecule has 0 unspecified atom stereocenters. The van der Waals surface area contributed by atoms with Crippen LogP contribution in [0.25, 0.3) is 5.69 Å². The van der Waals surface area contributed by atoms with Crippen LogP contribution in [0.1, 0.15) is 34.5 Å². The van der Waals surface area contributed by atoms with E-state index in [1.807, 2.05) is 7.05 Å². The number of hydrogen-bond donors (Lipinski definition) is 1. The second-order valence-corrected chi connectivity index (χ2v) is 6.90. The summed E-state index contributed by atoms with van der Waals surface area (Å²) in [6.07, 6.45) is -2.09. The highest BCUT2D eigenvalue weighted by Crippen LogP contribution is 2.35. The lowest BCUT2D eigenvalue weighted by atomic mass is 9.96. The van der Waals surface area contributed by atoms with Crippen molar-refractivity contribution in [3.05, 3.63) is 47.3 Å². The van der Waals surface area contributed by atoms with Crippen molar-refractivity contribution < 1.29 is 18.0 Å². The number of aryl methyl sites for hydroxylation is 1. The lowest BCUT2D eigenvalue weighted by molar-refractivity contribution is -0.143. The van der Waals surface area contributed by atoms with Crippen LogP contribution in [0.4, 0.5) is 13.2 Å². The van der Waals surface area contributed by atoms with Crippen LogP contribution < -0.4 is 5.32 Å². The van der Waals surface area contributed by atoms with Crippen LogP contribution in [0.2, 0.25) is 0 Å². The maximum absolute atomic E-state index is 13.8. The molecule has 146 valence electrons. The topological polar surface area (TPSA) is 50.2 Å². The number of para-hydroxylation sites is 1. The molecule has 1 saturated heterocycles. The first-order chi connectivity index (χ1) is 12.8. The van der Waals surface area contributed by atoms with Gasteiger partial charge in [0.15, 0.2) is 5.69 Å². The van der Waals surface area contributed by atoms with Crippen LogP contribution in [0.5, 0.6) is 0 Å². The molecule has 1 fully saturated rings. The summed E-state index contributed by atoms with van der Waals surface area (Å²) in [5.41, 5.74) is -0.438. The Morgan fingerprint density at radius 1 is 1.26 bits per heavy atom. The molecule has 1 N–H and O–H groups in total. The smallest absolute Gasteiger partial charge is 0.339 e. The monoisotopic (exact) mass is 380 g/mol. The van der Waals surface area contributed by atoms with Crippen LogP contribution in [-0.4, -0.2) is 47.3 Å². The summed E-state index contributed by atoms with van der Waals surface area (Å²) in [5.74, 6) is -0.166. The lowest BCUT2D eigenvalue weighted by Gasteiger charge is -2.32. The van der Waals surface area contributed by atoms with Gasteiger partial charge in [-0.05, 0) is 50.9 Å². The molecule has 27 heavy (non-hydrogen) atoms. The Morgan fingerprint density at radius 3 is 2.52 bits per heavy atom. The zero-order valence-corrected chi connectivity index (χ0v) is 15.4. The number of nitrogens with one attached hydrogen (secondary N) is 1. The summed E-state index contributed by atoms with van der Waals surface area (Å²) in [7, 11) is 1.87. The molecular weight excluding hydrogens is 357 g/mol. The van der Waals surface area contributed by atoms with Crippen LogP contribution in [-0.2, 0) is 6.18 Å². The number of likely N-dealkylation sites (tertiary alicyclic amines) is 1. The highest BCUT2D eigenvalue weighted by Gasteiger charge is 2.42. The molecule has 0 aliphatic carbocycles. The van der Waals surface area contributed by atoms with E-state index in [9.17, 15) is 18.0 Å². The number of benzene rings is 1. The third kappa shape index (κ3) is 4.00. The molecule has 0 saturated carbocycles. The molecule has 1 aromatic heterocycles. The number of piperidine rings is 1. The Kier molecular flexibility index (Phi) is 5.55. The van der Waals surface area contributed by atoms with Gasteiger partial charge in [-0.1, -0.05) is 18.2 Å². The van der Waals surface area contributed by atoms with Gasteiger partial charge in [-0.3, -0.25) is 4.79 Å². The Bertz CT molecular complexity index is 808. The molecule has 3 rings (SSSR count). The number of alkyl halides is 3. The lowest BCUT2D eigenvalue weighted by Crippen LogP contribution is -2.41. The SMILES string of the molecule is CNCC1CCN(C(=O)c2cnn(-c3ccccc3C)c2C(F)(F)F)CC1. The molecule has 2 aromatic rings. The van der Waals surface area contributed by atoms with Crippen molar-refractivity contribution >= 4 is 5.91 Å². The van der Waals surface area contributed by atoms with Gasteiger partial charge < -0.3 is 10.2 Å². The number of rotatable bonds is 4. The Labute approximate surface area is 156 Å². The fourth-order valence-electron chi connectivity index (χ4n) is 3.56. The number of nitrogens with zero attached hydrogens (tertiary/aromatic N) is 3. The molecule has 2 heterocycles. The summed E-state index contributed by atoms with van der Waals surface area (Å²) < 4.78 is 42.3. The highest BCUT2D eigenvalue weighted by molar-refractivity contribution is 5.95. The van der Waals surface area contributed by atoms with Gasteiger partial charge in [-0.15, -0.1) is 0 Å². The molecule has 0 radical (unpaired) electrons. The molecule has 1 aliphatic heterocycles. The summed E-state index contributed by atoms with van der Waals surface area (Å²) in [6, 6.07) is 6.68. The molecule has 8 heteroatoms. The van der Waals surface area contributed by atoms with E-state index in [-0.39, 0.29) is 0 Å². The van der Waals surface area contributed by atoms with E-state index in [4.69, 9.17) is 0 Å². The van der Waals surface area contributed by atoms with Crippen LogP contribution in [0.15, 0.2) is 30.5 Å². The summed E-state index contributed by atoms with van der Waals surface area (Å²) >= 11 is 0. The maximum atomic E-state index is 13.8. The zero-order valence-electron chi connectivity index (χ0n) is 15.4. The number of hydrogen-bond acceptors (Lipinski definition) is 3. The first-order valence-corrected chi connectivity index (χ1v) is 8.98. The van der Waals surface area contributed by atoms with E-state index in [1.54, 1.807) is 31.2 Å². The molecule has 0 bridgehead atoms. The van der Waals surface area contributed by atoms with Gasteiger partial charge in [0.1, 0.15) is 0 Å². The molecular formula is C19H23F3N4O. The predicted octanol–water partition coefficient (Wildman–Crippen LogP) is 3.27. The van der Waals surface area contributed by atoms with Crippen LogP contribution >= 0.6 is 0 Å². The third-order valence-corrected chi connectivity index (χ3v) is 5.01. The van der Waals surface area contributed by atoms with Crippen molar-refractivity contribution in [3.8, 4) is 5.69 Å². The van der Waals surface area contributed by atoms with Gasteiger partial charge in [-0.25, -0.2) is 4.68 Å². The average molecular weight is 380 g/mol. The Hall–Kier alpha value is -2.35. The normalized spacial score (nSPS) is 16.0. The van der Waals surface area contributed by atoms with E-state index in [0.717, 1.165) is 30.3 Å². The van der Waals surface area contributed by atoms with Crippen molar-refractivity contribution in [2.75, 3.05) is 26.7 Å². The second-order valence-electron chi connectivity index (χ2n) is 6.90. The van der Waals surface area contributed by atoms with Gasteiger partial charge >= 0.3 is 6.18 Å². The summed E-state index contributed by atoms with van der Waals surface area (Å²) in [4.78, 5) is 14.3. The molecule has 1 aliphatic rings. The average Bonchev–Trinajstić information content (AvgIpc) is 3.08. The third-order valence-electron chi connectivity index (χ3n) is 5.01. The fraction of sp³-hybridized carbons (Fsp3) is 0.474. The predicted molar refractivity (Wildman–Crippen MR) is 95.9 cm³/mol. The molecule has 5 nitrogen and oxygen atoms in total. The van der Waals surface area contributed by atoms with Crippen molar-refractivity contribution in [2.24, 2.45) is 5.92 Å². The number of amides is 1. The number of aromatic nitrogens is 2. The fourth-order valence-corrected chi connectivity index (χ4v) is 3.56. The van der Waals surface area contributed by atoms with E-state index in [0.29, 0.717) is 30.3 Å². The molecule has 0 atom stereocenters. The van der Waals surface area contributed by atoms with Gasteiger partial charge in [0.2, 0.25) is 0 Å². The largest absolute Gasteiger partial charge is 0.434 e. The quantitative estimate of drug-likeness (QED) is 0.886. The van der Waals surface area contributed by atoms with Gasteiger partial charge in [0.05, 0.1) is 17.4 Å². The Balaban J connectivity index is 1.93. The molecule has 0 spiro atoms. The van der Waals surface area contributed by atoms with Crippen molar-refractivity contribution in [1.29, 1.82) is 0 Å². The number of carbonyl (C=O) groups excluding carboxylic acids is 1. The maximum Gasteiger partial charge on any atom is 0.434 e. The standard InChI is InChI=1S/C19H23F3N4O/c1-13-5-3-4-6-16(13)26-17(19(20,21)22)15(12-24-26)18(27)25-9-7-14(8-10-25)11-23-2/h3-6,12,14,23H,7-11H2,1-2H3. The molecule has 1 aromatic carbocycles. The van der Waals surface area contributed by atoms with Gasteiger partial charge in [0.25, 0.3) is 5.91 Å². The second kappa shape index (κ2) is 7.72. The van der Waals surface area contributed by atoms with Crippen LogP contribution in [0.3, 0.4) is 0 Å². The van der Waals surface area contributed by atoms with E-state index in [1.165, 1.54) is 4.90 Å². The zero-order chi connectivity index (χ0) is 19.6. The van der Waals surface area contributed by atoms with E-state index < -0.39 is 23.3 Å². The first-order valence-electron chi connectivity index (χ1n) is 8.98. The van der Waals surface area contributed by atoms with E-state index in [2.05, 4.69) is 10.4 Å². The minimum Gasteiger partial charge on any atom is -0.339 e. The van der Waals surface area contributed by atoms with Crippen molar-refractivity contribution in [2.45, 2.75) is 25.9 Å². The number of carbonyl (C=O) groups is 1. The summed E-state index contributed by atoms with van der Waals surface area (Å²) in [5, 5.41) is 7.02. The first kappa shape index (κ1) is 19.4. The van der Waals surface area contributed by atoms with E-state index >= 15 is 0 Å². The minimum atomic E-state index is -4.69. The summed E-state index contributed by atoms with van der Waals surface area (Å²) in [6.45, 7) is 3.47. The highest BCUT2D eigenvalue weighted by atomic mass is 19.4. The Morgan fingerprint density at radius 2 is 1.93 bits per heavy atom. The van der Waals surface area contributed by atoms with Crippen molar-refractivity contribution in [1.82, 2.24) is 20.0 Å². The van der Waals surface area contributed by atoms with Crippen molar-refractivity contribution in [3.63, 3.8) is 0 Å². The molecule has 1 amide bonds. The van der Waals surface area contributed by atoms with Crippen LogP contribution in [0, 0.1) is 12.8 Å². The van der Waals surface area contributed by atoms with Gasteiger partial charge in [-0.2, -0.15) is 18.3 Å². The minimum absolute atomic E-state index is 0.316. The number of halogens is 3. The van der Waals surface area contributed by atoms with Gasteiger partial charge in [0, 0.05) is 13.1 Å².